The van der Waals surface area contributed by atoms with Crippen LogP contribution in [0.15, 0.2) is 47.0 Å². The highest BCUT2D eigenvalue weighted by atomic mass is 16.6. The minimum atomic E-state index is -0.464. The van der Waals surface area contributed by atoms with Crippen LogP contribution in [0.25, 0.3) is 33.9 Å². The number of fused-ring (bicyclic) bond motifs is 1. The van der Waals surface area contributed by atoms with Gasteiger partial charge in [0.25, 0.3) is 11.6 Å². The molecule has 0 saturated carbocycles. The molecule has 130 valence electrons. The van der Waals surface area contributed by atoms with Crippen LogP contribution in [0, 0.1) is 10.1 Å². The van der Waals surface area contributed by atoms with Gasteiger partial charge in [-0.25, -0.2) is 4.68 Å². The molecule has 0 fully saturated rings. The van der Waals surface area contributed by atoms with Gasteiger partial charge in [0.1, 0.15) is 5.52 Å². The smallest absolute Gasteiger partial charge is 0.270 e. The lowest BCUT2D eigenvalue weighted by Gasteiger charge is -1.99. The molecule has 2 aromatic carbocycles. The molecule has 0 spiro atoms. The summed E-state index contributed by atoms with van der Waals surface area (Å²) < 4.78 is 7.12. The molecular formula is C17H14N6O3. The number of hydrogen-bond acceptors (Lipinski definition) is 7. The molecule has 4 rings (SSSR count). The minimum Gasteiger partial charge on any atom is -0.334 e. The van der Waals surface area contributed by atoms with Gasteiger partial charge < -0.3 is 4.52 Å². The Morgan fingerprint density at radius 1 is 1.19 bits per heavy atom. The van der Waals surface area contributed by atoms with Gasteiger partial charge in [-0.2, -0.15) is 4.98 Å². The molecule has 2 heterocycles. The van der Waals surface area contributed by atoms with E-state index in [4.69, 9.17) is 4.52 Å². The van der Waals surface area contributed by atoms with Crippen molar-refractivity contribution in [2.75, 3.05) is 0 Å². The lowest BCUT2D eigenvalue weighted by atomic mass is 10.2. The lowest BCUT2D eigenvalue weighted by molar-refractivity contribution is -0.384. The number of nitrogens with zero attached hydrogens (tertiary/aromatic N) is 6. The third kappa shape index (κ3) is 2.79. The number of benzene rings is 2. The van der Waals surface area contributed by atoms with E-state index < -0.39 is 4.92 Å². The maximum absolute atomic E-state index is 10.9. The topological polar surface area (TPSA) is 113 Å². The van der Waals surface area contributed by atoms with Gasteiger partial charge in [-0.15, -0.1) is 5.10 Å². The number of nitro groups is 1. The average Bonchev–Trinajstić information content (AvgIpc) is 3.29. The molecule has 0 aliphatic heterocycles. The zero-order chi connectivity index (χ0) is 18.1. The lowest BCUT2D eigenvalue weighted by Crippen LogP contribution is -1.98. The number of aryl methyl sites for hydroxylation is 1. The maximum Gasteiger partial charge on any atom is 0.270 e. The minimum absolute atomic E-state index is 0.0313. The summed E-state index contributed by atoms with van der Waals surface area (Å²) in [4.78, 5) is 14.8. The second kappa shape index (κ2) is 6.36. The van der Waals surface area contributed by atoms with Crippen molar-refractivity contribution in [3.8, 4) is 22.8 Å². The summed E-state index contributed by atoms with van der Waals surface area (Å²) in [6.45, 7) is 2.88. The molecule has 0 saturated heterocycles. The van der Waals surface area contributed by atoms with Crippen LogP contribution in [0.5, 0.6) is 0 Å². The number of aromatic nitrogens is 5. The molecular weight excluding hydrogens is 336 g/mol. The van der Waals surface area contributed by atoms with E-state index in [0.29, 0.717) is 11.4 Å². The number of non-ortho nitro benzene ring substituents is 1. The first-order chi connectivity index (χ1) is 12.7. The van der Waals surface area contributed by atoms with E-state index in [9.17, 15) is 10.1 Å². The summed E-state index contributed by atoms with van der Waals surface area (Å²) in [5.74, 6) is 0.608. The average molecular weight is 350 g/mol. The van der Waals surface area contributed by atoms with Crippen molar-refractivity contribution in [1.29, 1.82) is 0 Å². The first kappa shape index (κ1) is 15.9. The zero-order valence-corrected chi connectivity index (χ0v) is 13.9. The third-order valence-electron chi connectivity index (χ3n) is 3.94. The molecule has 0 amide bonds. The van der Waals surface area contributed by atoms with E-state index in [1.807, 2.05) is 22.9 Å². The third-order valence-corrected chi connectivity index (χ3v) is 3.94. The van der Waals surface area contributed by atoms with E-state index in [1.54, 1.807) is 12.1 Å². The molecule has 9 nitrogen and oxygen atoms in total. The van der Waals surface area contributed by atoms with E-state index in [2.05, 4.69) is 27.4 Å². The van der Waals surface area contributed by atoms with Gasteiger partial charge in [0.2, 0.25) is 5.82 Å². The van der Waals surface area contributed by atoms with Gasteiger partial charge in [-0.3, -0.25) is 10.1 Å². The molecule has 0 aliphatic carbocycles. The summed E-state index contributed by atoms with van der Waals surface area (Å²) >= 11 is 0. The van der Waals surface area contributed by atoms with Crippen molar-refractivity contribution >= 4 is 16.7 Å². The second-order valence-corrected chi connectivity index (χ2v) is 5.75. The first-order valence-electron chi connectivity index (χ1n) is 8.08. The van der Waals surface area contributed by atoms with Crippen molar-refractivity contribution in [3.63, 3.8) is 0 Å². The monoisotopic (exact) mass is 350 g/mol. The van der Waals surface area contributed by atoms with Gasteiger partial charge in [0.15, 0.2) is 0 Å². The van der Waals surface area contributed by atoms with E-state index in [0.717, 1.165) is 29.6 Å². The Balaban J connectivity index is 1.68. The van der Waals surface area contributed by atoms with Crippen LogP contribution >= 0.6 is 0 Å². The molecule has 0 radical (unpaired) electrons. The van der Waals surface area contributed by atoms with E-state index >= 15 is 0 Å². The first-order valence-corrected chi connectivity index (χ1v) is 8.08. The summed E-state index contributed by atoms with van der Waals surface area (Å²) in [6.07, 6.45) is 0.970. The zero-order valence-electron chi connectivity index (χ0n) is 13.9. The van der Waals surface area contributed by atoms with Crippen LogP contribution in [0.4, 0.5) is 5.69 Å². The van der Waals surface area contributed by atoms with Gasteiger partial charge in [-0.05, 0) is 30.7 Å². The molecule has 0 bridgehead atoms. The predicted molar refractivity (Wildman–Crippen MR) is 93.2 cm³/mol. The summed E-state index contributed by atoms with van der Waals surface area (Å²) in [5, 5.41) is 23.2. The summed E-state index contributed by atoms with van der Waals surface area (Å²) in [7, 11) is 0. The van der Waals surface area contributed by atoms with Gasteiger partial charge in [0.05, 0.1) is 10.4 Å². The Labute approximate surface area is 147 Å². The molecule has 0 unspecified atom stereocenters. The fourth-order valence-corrected chi connectivity index (χ4v) is 2.70. The maximum atomic E-state index is 10.9. The standard InChI is InChI=1S/C17H14N6O3/c1-2-8-22-15-7-6-11(10-14(15)19-21-22)16-18-17(26-20-16)12-4-3-5-13(9-12)23(24)25/h3-7,9-10H,2,8H2,1H3. The van der Waals surface area contributed by atoms with Crippen LogP contribution in [-0.2, 0) is 6.54 Å². The Morgan fingerprint density at radius 2 is 2.08 bits per heavy atom. The normalized spacial score (nSPS) is 11.1. The Morgan fingerprint density at radius 3 is 2.88 bits per heavy atom. The highest BCUT2D eigenvalue weighted by Crippen LogP contribution is 2.26. The Bertz CT molecular complexity index is 1100. The van der Waals surface area contributed by atoms with Crippen LogP contribution < -0.4 is 0 Å². The van der Waals surface area contributed by atoms with Gasteiger partial charge in [0, 0.05) is 29.8 Å². The highest BCUT2D eigenvalue weighted by molar-refractivity contribution is 5.80. The molecule has 9 heteroatoms. The molecule has 0 atom stereocenters. The Hall–Kier alpha value is -3.62. The number of hydrogen-bond donors (Lipinski definition) is 0. The molecule has 0 N–H and O–H groups in total. The van der Waals surface area contributed by atoms with Crippen LogP contribution in [0.3, 0.4) is 0 Å². The largest absolute Gasteiger partial charge is 0.334 e. The summed E-state index contributed by atoms with van der Waals surface area (Å²) in [5.41, 5.74) is 2.89. The molecule has 0 aliphatic rings. The van der Waals surface area contributed by atoms with Crippen molar-refractivity contribution in [1.82, 2.24) is 25.1 Å². The van der Waals surface area contributed by atoms with Crippen molar-refractivity contribution in [2.24, 2.45) is 0 Å². The van der Waals surface area contributed by atoms with Crippen molar-refractivity contribution in [3.05, 3.63) is 52.6 Å². The van der Waals surface area contributed by atoms with Crippen LogP contribution in [-0.4, -0.2) is 30.1 Å². The van der Waals surface area contributed by atoms with E-state index in [-0.39, 0.29) is 11.6 Å². The number of nitro benzene ring substituents is 1. The van der Waals surface area contributed by atoms with Crippen molar-refractivity contribution in [2.45, 2.75) is 19.9 Å². The van der Waals surface area contributed by atoms with Crippen LogP contribution in [0.2, 0.25) is 0 Å². The fraction of sp³-hybridized carbons (Fsp3) is 0.176. The Kier molecular flexibility index (Phi) is 3.88. The molecule has 4 aromatic rings. The highest BCUT2D eigenvalue weighted by Gasteiger charge is 2.15. The quantitative estimate of drug-likeness (QED) is 0.400. The number of rotatable bonds is 5. The SMILES string of the molecule is CCCn1nnc2cc(-c3noc(-c4cccc([N+](=O)[O-])c4)n3)ccc21. The second-order valence-electron chi connectivity index (χ2n) is 5.75. The van der Waals surface area contributed by atoms with Crippen molar-refractivity contribution < 1.29 is 9.45 Å². The van der Waals surface area contributed by atoms with E-state index in [1.165, 1.54) is 12.1 Å². The fourth-order valence-electron chi connectivity index (χ4n) is 2.70. The summed E-state index contributed by atoms with van der Waals surface area (Å²) in [6, 6.07) is 11.7. The molecule has 2 aromatic heterocycles. The van der Waals surface area contributed by atoms with Gasteiger partial charge >= 0.3 is 0 Å². The van der Waals surface area contributed by atoms with Crippen LogP contribution in [0.1, 0.15) is 13.3 Å². The molecule has 26 heavy (non-hydrogen) atoms. The predicted octanol–water partition coefficient (Wildman–Crippen LogP) is 3.47. The van der Waals surface area contributed by atoms with Gasteiger partial charge in [-0.1, -0.05) is 23.4 Å².